The van der Waals surface area contributed by atoms with E-state index in [9.17, 15) is 8.42 Å². The molecule has 0 bridgehead atoms. The van der Waals surface area contributed by atoms with Gasteiger partial charge in [0.2, 0.25) is 10.0 Å². The lowest BCUT2D eigenvalue weighted by molar-refractivity contribution is 0.357. The van der Waals surface area contributed by atoms with E-state index in [1.807, 2.05) is 13.1 Å². The Bertz CT molecular complexity index is 490. The lowest BCUT2D eigenvalue weighted by atomic mass is 9.90. The van der Waals surface area contributed by atoms with Crippen LogP contribution in [0.25, 0.3) is 0 Å². The van der Waals surface area contributed by atoms with Gasteiger partial charge in [0.25, 0.3) is 0 Å². The topological polar surface area (TPSA) is 58.2 Å². The number of sulfonamides is 1. The minimum absolute atomic E-state index is 0.425. The molecule has 108 valence electrons. The summed E-state index contributed by atoms with van der Waals surface area (Å²) in [5, 5.41) is 3.03. The summed E-state index contributed by atoms with van der Waals surface area (Å²) in [6.45, 7) is 1.30. The van der Waals surface area contributed by atoms with Crippen LogP contribution in [0.1, 0.15) is 37.0 Å². The molecule has 0 aromatic carbocycles. The Morgan fingerprint density at radius 1 is 1.26 bits per heavy atom. The van der Waals surface area contributed by atoms with Crippen LogP contribution >= 0.6 is 11.3 Å². The van der Waals surface area contributed by atoms with Gasteiger partial charge in [-0.2, -0.15) is 0 Å². The Labute approximate surface area is 119 Å². The van der Waals surface area contributed by atoms with Crippen LogP contribution in [-0.2, 0) is 16.6 Å². The first kappa shape index (κ1) is 15.0. The molecule has 1 saturated carbocycles. The molecule has 2 N–H and O–H groups in total. The molecule has 0 unspecified atom stereocenters. The molecule has 0 amide bonds. The zero-order valence-corrected chi connectivity index (χ0v) is 12.9. The van der Waals surface area contributed by atoms with Gasteiger partial charge in [-0.25, -0.2) is 13.1 Å². The van der Waals surface area contributed by atoms with Gasteiger partial charge in [0.1, 0.15) is 4.21 Å². The molecule has 0 aliphatic heterocycles. The van der Waals surface area contributed by atoms with E-state index < -0.39 is 10.0 Å². The fraction of sp³-hybridized carbons (Fsp3) is 0.692. The van der Waals surface area contributed by atoms with E-state index in [1.165, 1.54) is 30.6 Å². The van der Waals surface area contributed by atoms with E-state index in [4.69, 9.17) is 0 Å². The molecule has 19 heavy (non-hydrogen) atoms. The van der Waals surface area contributed by atoms with Gasteiger partial charge in [-0.1, -0.05) is 19.3 Å². The molecule has 0 saturated heterocycles. The van der Waals surface area contributed by atoms with Crippen molar-refractivity contribution in [3.63, 3.8) is 0 Å². The molecule has 0 atom stereocenters. The molecule has 1 aliphatic rings. The highest BCUT2D eigenvalue weighted by Gasteiger charge is 2.20. The zero-order valence-electron chi connectivity index (χ0n) is 11.3. The van der Waals surface area contributed by atoms with Crippen molar-refractivity contribution in [2.24, 2.45) is 5.92 Å². The summed E-state index contributed by atoms with van der Waals surface area (Å²) in [7, 11) is -1.46. The largest absolute Gasteiger partial charge is 0.315 e. The second kappa shape index (κ2) is 6.83. The van der Waals surface area contributed by atoms with Crippen LogP contribution in [0.2, 0.25) is 0 Å². The maximum Gasteiger partial charge on any atom is 0.250 e. The number of nitrogens with one attached hydrogen (secondary N) is 2. The third-order valence-corrected chi connectivity index (χ3v) is 6.54. The van der Waals surface area contributed by atoms with Crippen LogP contribution in [0.3, 0.4) is 0 Å². The number of rotatable bonds is 6. The molecule has 0 radical (unpaired) electrons. The number of thiophene rings is 1. The van der Waals surface area contributed by atoms with E-state index in [-0.39, 0.29) is 0 Å². The van der Waals surface area contributed by atoms with Crippen molar-refractivity contribution < 1.29 is 8.42 Å². The van der Waals surface area contributed by atoms with Crippen LogP contribution in [0.5, 0.6) is 0 Å². The normalized spacial score (nSPS) is 17.7. The SMILES string of the molecule is CNCc1ccc(S(=O)(=O)NCC2CCCCC2)s1. The molecule has 1 aromatic rings. The highest BCUT2D eigenvalue weighted by molar-refractivity contribution is 7.91. The molecule has 6 heteroatoms. The third kappa shape index (κ3) is 4.27. The summed E-state index contributed by atoms with van der Waals surface area (Å²) in [5.74, 6) is 0.514. The van der Waals surface area contributed by atoms with Crippen LogP contribution < -0.4 is 10.0 Å². The summed E-state index contributed by atoms with van der Waals surface area (Å²) in [6, 6.07) is 3.57. The van der Waals surface area contributed by atoms with Crippen molar-refractivity contribution in [2.75, 3.05) is 13.6 Å². The molecule has 1 aliphatic carbocycles. The Morgan fingerprint density at radius 3 is 2.68 bits per heavy atom. The predicted molar refractivity (Wildman–Crippen MR) is 78.8 cm³/mol. The molecule has 2 rings (SSSR count). The Hall–Kier alpha value is -0.430. The standard InChI is InChI=1S/C13H22N2O2S2/c1-14-10-12-7-8-13(18-12)19(16,17)15-9-11-5-3-2-4-6-11/h7-8,11,14-15H,2-6,9-10H2,1H3. The van der Waals surface area contributed by atoms with Gasteiger partial charge in [0.05, 0.1) is 0 Å². The smallest absolute Gasteiger partial charge is 0.250 e. The van der Waals surface area contributed by atoms with E-state index >= 15 is 0 Å². The quantitative estimate of drug-likeness (QED) is 0.848. The molecule has 1 aromatic heterocycles. The first-order valence-electron chi connectivity index (χ1n) is 6.85. The summed E-state index contributed by atoms with van der Waals surface area (Å²) < 4.78 is 27.5. The average Bonchev–Trinajstić information content (AvgIpc) is 2.88. The molecular formula is C13H22N2O2S2. The zero-order chi connectivity index (χ0) is 13.7. The van der Waals surface area contributed by atoms with Gasteiger partial charge < -0.3 is 5.32 Å². The second-order valence-electron chi connectivity index (χ2n) is 5.11. The van der Waals surface area contributed by atoms with Gasteiger partial charge in [0.15, 0.2) is 0 Å². The minimum Gasteiger partial charge on any atom is -0.315 e. The average molecular weight is 302 g/mol. The first-order valence-corrected chi connectivity index (χ1v) is 9.15. The van der Waals surface area contributed by atoms with Crippen LogP contribution in [-0.4, -0.2) is 22.0 Å². The van der Waals surface area contributed by atoms with E-state index in [2.05, 4.69) is 10.0 Å². The summed E-state index contributed by atoms with van der Waals surface area (Å²) >= 11 is 1.34. The minimum atomic E-state index is -3.32. The third-order valence-electron chi connectivity index (χ3n) is 3.54. The first-order chi connectivity index (χ1) is 9.12. The van der Waals surface area contributed by atoms with Crippen LogP contribution in [0, 0.1) is 5.92 Å². The van der Waals surface area contributed by atoms with Crippen molar-refractivity contribution in [1.82, 2.24) is 10.0 Å². The fourth-order valence-corrected chi connectivity index (χ4v) is 4.99. The highest BCUT2D eigenvalue weighted by atomic mass is 32.2. The van der Waals surface area contributed by atoms with Crippen molar-refractivity contribution in [3.8, 4) is 0 Å². The maximum absolute atomic E-state index is 12.2. The van der Waals surface area contributed by atoms with Crippen LogP contribution in [0.15, 0.2) is 16.3 Å². The van der Waals surface area contributed by atoms with Crippen molar-refractivity contribution in [3.05, 3.63) is 17.0 Å². The van der Waals surface area contributed by atoms with Gasteiger partial charge >= 0.3 is 0 Å². The fourth-order valence-electron chi connectivity index (χ4n) is 2.46. The molecule has 0 spiro atoms. The summed E-state index contributed by atoms with van der Waals surface area (Å²) in [6.07, 6.45) is 6.06. The summed E-state index contributed by atoms with van der Waals surface area (Å²) in [4.78, 5) is 1.04. The Kier molecular flexibility index (Phi) is 5.38. The van der Waals surface area contributed by atoms with Gasteiger partial charge in [-0.05, 0) is 37.9 Å². The van der Waals surface area contributed by atoms with E-state index in [0.717, 1.165) is 17.7 Å². The van der Waals surface area contributed by atoms with Crippen molar-refractivity contribution in [1.29, 1.82) is 0 Å². The lowest BCUT2D eigenvalue weighted by Gasteiger charge is -2.21. The number of hydrogen-bond acceptors (Lipinski definition) is 4. The monoisotopic (exact) mass is 302 g/mol. The molecule has 1 fully saturated rings. The molecule has 4 nitrogen and oxygen atoms in total. The van der Waals surface area contributed by atoms with Crippen molar-refractivity contribution >= 4 is 21.4 Å². The Balaban J connectivity index is 1.92. The molecule has 1 heterocycles. The van der Waals surface area contributed by atoms with Crippen molar-refractivity contribution in [2.45, 2.75) is 42.9 Å². The Morgan fingerprint density at radius 2 is 2.00 bits per heavy atom. The maximum atomic E-state index is 12.2. The second-order valence-corrected chi connectivity index (χ2v) is 8.27. The predicted octanol–water partition coefficient (Wildman–Crippen LogP) is 2.33. The van der Waals surface area contributed by atoms with Gasteiger partial charge in [0, 0.05) is 18.0 Å². The van der Waals surface area contributed by atoms with Gasteiger partial charge in [-0.15, -0.1) is 11.3 Å². The van der Waals surface area contributed by atoms with Gasteiger partial charge in [-0.3, -0.25) is 0 Å². The van der Waals surface area contributed by atoms with E-state index in [0.29, 0.717) is 23.2 Å². The number of hydrogen-bond donors (Lipinski definition) is 2. The lowest BCUT2D eigenvalue weighted by Crippen LogP contribution is -2.29. The highest BCUT2D eigenvalue weighted by Crippen LogP contribution is 2.25. The molecular weight excluding hydrogens is 280 g/mol. The van der Waals surface area contributed by atoms with E-state index in [1.54, 1.807) is 6.07 Å². The summed E-state index contributed by atoms with van der Waals surface area (Å²) in [5.41, 5.74) is 0. The van der Waals surface area contributed by atoms with Crippen LogP contribution in [0.4, 0.5) is 0 Å².